The number of aliphatic hydroxyl groups excluding tert-OH is 1. The Bertz CT molecular complexity index is 308. The predicted octanol–water partition coefficient (Wildman–Crippen LogP) is 1.80. The molecular weight excluding hydrogens is 171 g/mol. The average molecular weight is 184 g/mol. The van der Waals surface area contributed by atoms with Crippen molar-refractivity contribution >= 4 is 0 Å². The monoisotopic (exact) mass is 184 g/mol. The maximum absolute atomic E-state index is 12.9. The summed E-state index contributed by atoms with van der Waals surface area (Å²) in [7, 11) is 0. The van der Waals surface area contributed by atoms with Gasteiger partial charge in [-0.25, -0.2) is 4.39 Å². The molecule has 13 heavy (non-hydrogen) atoms. The van der Waals surface area contributed by atoms with Gasteiger partial charge in [0, 0.05) is 5.41 Å². The summed E-state index contributed by atoms with van der Waals surface area (Å²) in [5.41, 5.74) is 0.194. The Hall–Kier alpha value is -1.09. The molecule has 1 rings (SSSR count). The molecule has 72 valence electrons. The quantitative estimate of drug-likeness (QED) is 0.735. The summed E-state index contributed by atoms with van der Waals surface area (Å²) in [6.07, 6.45) is 0. The first-order valence-corrected chi connectivity index (χ1v) is 4.07. The molecule has 0 bridgehead atoms. The molecule has 0 fully saturated rings. The summed E-state index contributed by atoms with van der Waals surface area (Å²) >= 11 is 0. The molecule has 0 heterocycles. The van der Waals surface area contributed by atoms with Gasteiger partial charge in [0.1, 0.15) is 0 Å². The smallest absolute Gasteiger partial charge is 0.165 e. The van der Waals surface area contributed by atoms with Crippen molar-refractivity contribution in [2.24, 2.45) is 0 Å². The van der Waals surface area contributed by atoms with E-state index in [9.17, 15) is 4.39 Å². The molecule has 2 N–H and O–H groups in total. The molecule has 0 aliphatic heterocycles. The summed E-state index contributed by atoms with van der Waals surface area (Å²) in [5, 5.41) is 18.0. The summed E-state index contributed by atoms with van der Waals surface area (Å²) in [6, 6.07) is 4.14. The lowest BCUT2D eigenvalue weighted by Gasteiger charge is -2.22. The van der Waals surface area contributed by atoms with Crippen LogP contribution in [0.4, 0.5) is 4.39 Å². The number of hydrogen-bond donors (Lipinski definition) is 2. The van der Waals surface area contributed by atoms with Crippen LogP contribution in [0.1, 0.15) is 19.4 Å². The molecule has 0 atom stereocenters. The number of aromatic hydroxyl groups is 1. The van der Waals surface area contributed by atoms with Gasteiger partial charge in [-0.1, -0.05) is 19.9 Å². The van der Waals surface area contributed by atoms with E-state index in [1.54, 1.807) is 19.9 Å². The highest BCUT2D eigenvalue weighted by atomic mass is 19.1. The molecule has 0 amide bonds. The number of benzene rings is 1. The summed E-state index contributed by atoms with van der Waals surface area (Å²) in [4.78, 5) is 0. The van der Waals surface area contributed by atoms with Gasteiger partial charge >= 0.3 is 0 Å². The first-order valence-electron chi connectivity index (χ1n) is 4.07. The highest BCUT2D eigenvalue weighted by Crippen LogP contribution is 2.26. The molecule has 0 saturated carbocycles. The molecule has 2 nitrogen and oxygen atoms in total. The van der Waals surface area contributed by atoms with Crippen LogP contribution >= 0.6 is 0 Å². The Kier molecular flexibility index (Phi) is 2.57. The van der Waals surface area contributed by atoms with E-state index in [2.05, 4.69) is 0 Å². The number of hydrogen-bond acceptors (Lipinski definition) is 2. The topological polar surface area (TPSA) is 40.5 Å². The fourth-order valence-corrected chi connectivity index (χ4v) is 1.02. The van der Waals surface area contributed by atoms with Crippen molar-refractivity contribution in [3.63, 3.8) is 0 Å². The van der Waals surface area contributed by atoms with Crippen LogP contribution in [0.3, 0.4) is 0 Å². The molecule has 0 spiro atoms. The van der Waals surface area contributed by atoms with Crippen LogP contribution < -0.4 is 0 Å². The van der Waals surface area contributed by atoms with Gasteiger partial charge in [-0.3, -0.25) is 0 Å². The zero-order valence-corrected chi connectivity index (χ0v) is 7.71. The van der Waals surface area contributed by atoms with Crippen molar-refractivity contribution in [2.75, 3.05) is 6.61 Å². The maximum atomic E-state index is 12.9. The Morgan fingerprint density at radius 1 is 1.38 bits per heavy atom. The van der Waals surface area contributed by atoms with E-state index in [-0.39, 0.29) is 12.4 Å². The zero-order chi connectivity index (χ0) is 10.1. The molecule has 0 aliphatic carbocycles. The molecule has 0 radical (unpaired) electrons. The number of phenols is 1. The lowest BCUT2D eigenvalue weighted by atomic mass is 9.85. The first kappa shape index (κ1) is 9.99. The van der Waals surface area contributed by atoms with Crippen molar-refractivity contribution in [2.45, 2.75) is 19.3 Å². The Morgan fingerprint density at radius 3 is 2.46 bits per heavy atom. The minimum absolute atomic E-state index is 0.0583. The standard InChI is InChI=1S/C10H13FO2/c1-10(2,6-12)7-3-4-9(13)8(11)5-7/h3-5,12-13H,6H2,1-2H3. The molecule has 3 heteroatoms. The summed E-state index contributed by atoms with van der Waals surface area (Å²) in [6.45, 7) is 3.55. The van der Waals surface area contributed by atoms with E-state index in [4.69, 9.17) is 10.2 Å². The van der Waals surface area contributed by atoms with E-state index >= 15 is 0 Å². The van der Waals surface area contributed by atoms with Crippen molar-refractivity contribution < 1.29 is 14.6 Å². The fraction of sp³-hybridized carbons (Fsp3) is 0.400. The Morgan fingerprint density at radius 2 is 2.00 bits per heavy atom. The molecule has 0 aromatic heterocycles. The maximum Gasteiger partial charge on any atom is 0.165 e. The van der Waals surface area contributed by atoms with Gasteiger partial charge in [0.15, 0.2) is 11.6 Å². The Labute approximate surface area is 76.6 Å². The van der Waals surface area contributed by atoms with Crippen molar-refractivity contribution in [1.82, 2.24) is 0 Å². The van der Waals surface area contributed by atoms with Crippen LogP contribution in [0.15, 0.2) is 18.2 Å². The number of aliphatic hydroxyl groups is 1. The molecule has 1 aromatic rings. The van der Waals surface area contributed by atoms with Gasteiger partial charge in [0.05, 0.1) is 6.61 Å². The van der Waals surface area contributed by atoms with Crippen molar-refractivity contribution in [1.29, 1.82) is 0 Å². The summed E-state index contributed by atoms with van der Waals surface area (Å²) in [5.74, 6) is -1.02. The lowest BCUT2D eigenvalue weighted by Crippen LogP contribution is -2.22. The van der Waals surface area contributed by atoms with E-state index in [0.29, 0.717) is 5.56 Å². The van der Waals surface area contributed by atoms with E-state index in [1.165, 1.54) is 12.1 Å². The zero-order valence-electron chi connectivity index (χ0n) is 7.71. The van der Waals surface area contributed by atoms with Gasteiger partial charge in [0.2, 0.25) is 0 Å². The largest absolute Gasteiger partial charge is 0.505 e. The van der Waals surface area contributed by atoms with Crippen LogP contribution in [-0.2, 0) is 5.41 Å². The summed E-state index contributed by atoms with van der Waals surface area (Å²) < 4.78 is 12.9. The third kappa shape index (κ3) is 1.98. The third-order valence-corrected chi connectivity index (χ3v) is 2.12. The second-order valence-electron chi connectivity index (χ2n) is 3.71. The highest BCUT2D eigenvalue weighted by molar-refractivity contribution is 5.32. The lowest BCUT2D eigenvalue weighted by molar-refractivity contribution is 0.218. The van der Waals surface area contributed by atoms with Crippen LogP contribution in [0.25, 0.3) is 0 Å². The van der Waals surface area contributed by atoms with Crippen LogP contribution in [-0.4, -0.2) is 16.8 Å². The normalized spacial score (nSPS) is 11.7. The molecule has 0 saturated heterocycles. The second-order valence-corrected chi connectivity index (χ2v) is 3.71. The Balaban J connectivity index is 3.10. The van der Waals surface area contributed by atoms with Gasteiger partial charge < -0.3 is 10.2 Å². The second kappa shape index (κ2) is 3.34. The molecule has 1 aromatic carbocycles. The third-order valence-electron chi connectivity index (χ3n) is 2.12. The average Bonchev–Trinajstić information content (AvgIpc) is 2.09. The minimum Gasteiger partial charge on any atom is -0.505 e. The molecule has 0 unspecified atom stereocenters. The van der Waals surface area contributed by atoms with E-state index in [1.807, 2.05) is 0 Å². The van der Waals surface area contributed by atoms with Crippen LogP contribution in [0, 0.1) is 5.82 Å². The van der Waals surface area contributed by atoms with Crippen LogP contribution in [0.5, 0.6) is 5.75 Å². The van der Waals surface area contributed by atoms with Crippen molar-refractivity contribution in [3.05, 3.63) is 29.6 Å². The minimum atomic E-state index is -0.654. The van der Waals surface area contributed by atoms with Crippen LogP contribution in [0.2, 0.25) is 0 Å². The van der Waals surface area contributed by atoms with Gasteiger partial charge in [-0.2, -0.15) is 0 Å². The van der Waals surface area contributed by atoms with Gasteiger partial charge in [0.25, 0.3) is 0 Å². The predicted molar refractivity (Wildman–Crippen MR) is 48.2 cm³/mol. The van der Waals surface area contributed by atoms with E-state index in [0.717, 1.165) is 0 Å². The van der Waals surface area contributed by atoms with Gasteiger partial charge in [-0.05, 0) is 17.7 Å². The highest BCUT2D eigenvalue weighted by Gasteiger charge is 2.20. The molecular formula is C10H13FO2. The molecule has 0 aliphatic rings. The van der Waals surface area contributed by atoms with E-state index < -0.39 is 11.2 Å². The number of phenolic OH excluding ortho intramolecular Hbond substituents is 1. The number of halogens is 1. The van der Waals surface area contributed by atoms with Gasteiger partial charge in [-0.15, -0.1) is 0 Å². The SMILES string of the molecule is CC(C)(CO)c1ccc(O)c(F)c1. The first-order chi connectivity index (χ1) is 5.97. The number of rotatable bonds is 2. The fourth-order valence-electron chi connectivity index (χ4n) is 1.02. The van der Waals surface area contributed by atoms with Crippen molar-refractivity contribution in [3.8, 4) is 5.75 Å².